The van der Waals surface area contributed by atoms with E-state index in [0.717, 1.165) is 28.4 Å². The molecule has 1 aromatic rings. The molecule has 0 saturated heterocycles. The minimum Gasteiger partial charge on any atom is -0.382 e. The fourth-order valence-corrected chi connectivity index (χ4v) is 2.91. The first-order valence-electron chi connectivity index (χ1n) is 5.49. The number of nitrogens with one attached hydrogen (secondary N) is 2. The van der Waals surface area contributed by atoms with Crippen LogP contribution in [0.25, 0.3) is 0 Å². The highest BCUT2D eigenvalue weighted by Gasteiger charge is 2.30. The van der Waals surface area contributed by atoms with E-state index >= 15 is 0 Å². The number of halogens is 1. The average Bonchev–Trinajstić information content (AvgIpc) is 2.59. The summed E-state index contributed by atoms with van der Waals surface area (Å²) in [7, 11) is 0. The molecule has 2 N–H and O–H groups in total. The van der Waals surface area contributed by atoms with Gasteiger partial charge in [0.25, 0.3) is 0 Å². The molecule has 0 amide bonds. The van der Waals surface area contributed by atoms with Crippen molar-refractivity contribution in [2.45, 2.75) is 25.3 Å². The maximum absolute atomic E-state index is 4.42. The van der Waals surface area contributed by atoms with Crippen molar-refractivity contribution >= 4 is 27.4 Å². The van der Waals surface area contributed by atoms with E-state index in [4.69, 9.17) is 0 Å². The van der Waals surface area contributed by atoms with Gasteiger partial charge in [0.05, 0.1) is 5.69 Å². The number of aromatic nitrogens is 1. The summed E-state index contributed by atoms with van der Waals surface area (Å²) in [6, 6.07) is 2.71. The van der Waals surface area contributed by atoms with Crippen LogP contribution in [0.2, 0.25) is 0 Å². The van der Waals surface area contributed by atoms with Crippen molar-refractivity contribution < 1.29 is 0 Å². The van der Waals surface area contributed by atoms with Gasteiger partial charge in [-0.3, -0.25) is 0 Å². The lowest BCUT2D eigenvalue weighted by Gasteiger charge is -2.16. The van der Waals surface area contributed by atoms with Crippen LogP contribution in [0.5, 0.6) is 0 Å². The summed E-state index contributed by atoms with van der Waals surface area (Å²) in [5.41, 5.74) is 1.12. The number of hydrogen-bond acceptors (Lipinski definition) is 3. The van der Waals surface area contributed by atoms with Gasteiger partial charge in [-0.2, -0.15) is 0 Å². The summed E-state index contributed by atoms with van der Waals surface area (Å²) in [5.74, 6) is 1.77. The molecule has 3 rings (SSSR count). The summed E-state index contributed by atoms with van der Waals surface area (Å²) in [6.45, 7) is 1.07. The second kappa shape index (κ2) is 3.67. The fourth-order valence-electron chi connectivity index (χ4n) is 2.58. The van der Waals surface area contributed by atoms with E-state index in [1.165, 1.54) is 19.3 Å². The van der Waals surface area contributed by atoms with Crippen LogP contribution < -0.4 is 10.6 Å². The van der Waals surface area contributed by atoms with Crippen molar-refractivity contribution in [2.24, 2.45) is 5.92 Å². The Kier molecular flexibility index (Phi) is 2.31. The summed E-state index contributed by atoms with van der Waals surface area (Å²) in [6.07, 6.45) is 5.81. The molecule has 2 aliphatic rings. The zero-order valence-electron chi connectivity index (χ0n) is 8.46. The Labute approximate surface area is 97.8 Å². The molecule has 0 radical (unpaired) electrons. The summed E-state index contributed by atoms with van der Waals surface area (Å²) in [5, 5.41) is 7.04. The summed E-state index contributed by atoms with van der Waals surface area (Å²) < 4.78 is 1.03. The molecule has 1 aliphatic heterocycles. The predicted octanol–water partition coefficient (Wildman–Crippen LogP) is 2.85. The molecule has 0 spiro atoms. The Morgan fingerprint density at radius 3 is 3.27 bits per heavy atom. The zero-order chi connectivity index (χ0) is 10.3. The second-order valence-corrected chi connectivity index (χ2v) is 5.29. The zero-order valence-corrected chi connectivity index (χ0v) is 10.0. The topological polar surface area (TPSA) is 37.0 Å². The lowest BCUT2D eigenvalue weighted by molar-refractivity contribution is 0.536. The SMILES string of the molecule is Brc1cnc2c(c1)NCC1CCCC1N2. The number of anilines is 2. The highest BCUT2D eigenvalue weighted by Crippen LogP contribution is 2.34. The van der Waals surface area contributed by atoms with Gasteiger partial charge in [0.15, 0.2) is 0 Å². The highest BCUT2D eigenvalue weighted by atomic mass is 79.9. The monoisotopic (exact) mass is 267 g/mol. The van der Waals surface area contributed by atoms with E-state index in [2.05, 4.69) is 37.6 Å². The molecule has 1 fully saturated rings. The van der Waals surface area contributed by atoms with E-state index < -0.39 is 0 Å². The van der Waals surface area contributed by atoms with E-state index in [1.807, 2.05) is 6.20 Å². The highest BCUT2D eigenvalue weighted by molar-refractivity contribution is 9.10. The Hall–Kier alpha value is -0.770. The standard InChI is InChI=1S/C11H14BrN3/c12-8-4-10-11(14-6-8)15-9-3-1-2-7(9)5-13-10/h4,6-7,9,13H,1-3,5H2,(H,14,15). The van der Waals surface area contributed by atoms with Crippen LogP contribution in [0.1, 0.15) is 19.3 Å². The minimum atomic E-state index is 0.618. The molecular weight excluding hydrogens is 254 g/mol. The molecule has 1 saturated carbocycles. The van der Waals surface area contributed by atoms with E-state index in [0.29, 0.717) is 6.04 Å². The van der Waals surface area contributed by atoms with Crippen LogP contribution in [0.4, 0.5) is 11.5 Å². The molecule has 1 aromatic heterocycles. The third-order valence-corrected chi connectivity index (χ3v) is 3.82. The smallest absolute Gasteiger partial charge is 0.149 e. The molecule has 80 valence electrons. The third kappa shape index (κ3) is 1.71. The van der Waals surface area contributed by atoms with Crippen molar-refractivity contribution in [3.63, 3.8) is 0 Å². The molecule has 15 heavy (non-hydrogen) atoms. The Morgan fingerprint density at radius 2 is 2.33 bits per heavy atom. The quantitative estimate of drug-likeness (QED) is 0.759. The van der Waals surface area contributed by atoms with E-state index in [1.54, 1.807) is 0 Å². The number of pyridine rings is 1. The summed E-state index contributed by atoms with van der Waals surface area (Å²) in [4.78, 5) is 4.42. The molecule has 0 bridgehead atoms. The minimum absolute atomic E-state index is 0.618. The number of hydrogen-bond donors (Lipinski definition) is 2. The van der Waals surface area contributed by atoms with Crippen LogP contribution in [0.15, 0.2) is 16.7 Å². The lowest BCUT2D eigenvalue weighted by Crippen LogP contribution is -2.25. The van der Waals surface area contributed by atoms with Crippen molar-refractivity contribution in [3.8, 4) is 0 Å². The Balaban J connectivity index is 1.93. The van der Waals surface area contributed by atoms with Gasteiger partial charge in [-0.25, -0.2) is 4.98 Å². The first-order valence-corrected chi connectivity index (χ1v) is 6.28. The fraction of sp³-hybridized carbons (Fsp3) is 0.545. The van der Waals surface area contributed by atoms with E-state index in [-0.39, 0.29) is 0 Å². The molecule has 2 heterocycles. The van der Waals surface area contributed by atoms with Gasteiger partial charge >= 0.3 is 0 Å². The summed E-state index contributed by atoms with van der Waals surface area (Å²) >= 11 is 3.45. The number of rotatable bonds is 0. The Bertz CT molecular complexity index is 380. The predicted molar refractivity (Wildman–Crippen MR) is 65.2 cm³/mol. The first-order chi connectivity index (χ1) is 7.33. The van der Waals surface area contributed by atoms with Crippen molar-refractivity contribution in [1.29, 1.82) is 0 Å². The van der Waals surface area contributed by atoms with E-state index in [9.17, 15) is 0 Å². The van der Waals surface area contributed by atoms with Crippen LogP contribution in [-0.4, -0.2) is 17.6 Å². The number of nitrogens with zero attached hydrogens (tertiary/aromatic N) is 1. The molecule has 2 unspecified atom stereocenters. The molecule has 3 nitrogen and oxygen atoms in total. The largest absolute Gasteiger partial charge is 0.382 e. The van der Waals surface area contributed by atoms with Gasteiger partial charge in [-0.1, -0.05) is 6.42 Å². The Morgan fingerprint density at radius 1 is 1.40 bits per heavy atom. The van der Waals surface area contributed by atoms with Gasteiger partial charge in [0.2, 0.25) is 0 Å². The molecule has 4 heteroatoms. The van der Waals surface area contributed by atoms with Gasteiger partial charge in [-0.05, 0) is 40.8 Å². The molecule has 0 aromatic carbocycles. The van der Waals surface area contributed by atoms with Crippen LogP contribution in [0, 0.1) is 5.92 Å². The molecule has 1 aliphatic carbocycles. The third-order valence-electron chi connectivity index (χ3n) is 3.39. The van der Waals surface area contributed by atoms with Crippen LogP contribution in [-0.2, 0) is 0 Å². The maximum atomic E-state index is 4.42. The first kappa shape index (κ1) is 9.46. The van der Waals surface area contributed by atoms with Crippen LogP contribution in [0.3, 0.4) is 0 Å². The van der Waals surface area contributed by atoms with Crippen molar-refractivity contribution in [1.82, 2.24) is 4.98 Å². The number of fused-ring (bicyclic) bond motifs is 2. The maximum Gasteiger partial charge on any atom is 0.149 e. The second-order valence-electron chi connectivity index (χ2n) is 4.37. The molecule has 2 atom stereocenters. The van der Waals surface area contributed by atoms with Gasteiger partial charge in [0.1, 0.15) is 5.82 Å². The van der Waals surface area contributed by atoms with Gasteiger partial charge in [0, 0.05) is 23.3 Å². The molecular formula is C11H14BrN3. The van der Waals surface area contributed by atoms with Crippen molar-refractivity contribution in [3.05, 3.63) is 16.7 Å². The van der Waals surface area contributed by atoms with Gasteiger partial charge in [-0.15, -0.1) is 0 Å². The average molecular weight is 268 g/mol. The van der Waals surface area contributed by atoms with Crippen molar-refractivity contribution in [2.75, 3.05) is 17.2 Å². The lowest BCUT2D eigenvalue weighted by atomic mass is 10.0. The van der Waals surface area contributed by atoms with Crippen LogP contribution >= 0.6 is 15.9 Å². The van der Waals surface area contributed by atoms with Gasteiger partial charge < -0.3 is 10.6 Å². The normalized spacial score (nSPS) is 28.3.